The van der Waals surface area contributed by atoms with Crippen LogP contribution in [-0.4, -0.2) is 5.78 Å². The summed E-state index contributed by atoms with van der Waals surface area (Å²) in [6.45, 7) is 0. The molecule has 3 rings (SSSR count). The van der Waals surface area contributed by atoms with Crippen LogP contribution in [-0.2, 0) is 0 Å². The molecule has 78 valence electrons. The molecule has 2 heteroatoms. The first-order valence-corrected chi connectivity index (χ1v) is 6.05. The maximum absolute atomic E-state index is 11.7. The molecule has 1 aromatic carbocycles. The van der Waals surface area contributed by atoms with Gasteiger partial charge in [-0.05, 0) is 17.7 Å². The lowest BCUT2D eigenvalue weighted by molar-refractivity contribution is 0.0995. The van der Waals surface area contributed by atoms with E-state index in [-0.39, 0.29) is 5.78 Å². The second-order valence-electron chi connectivity index (χ2n) is 3.78. The maximum atomic E-state index is 11.7. The summed E-state index contributed by atoms with van der Waals surface area (Å²) in [7, 11) is 0. The molecule has 0 bridgehead atoms. The first kappa shape index (κ1) is 9.55. The standard InChI is InChI=1S/C14H10OS/c15-12-7-4-8-13-11(12)9-14(16-13)10-5-2-1-3-6-10/h1-6,8-9H,7H2. The molecule has 2 aromatic rings. The summed E-state index contributed by atoms with van der Waals surface area (Å²) in [6.07, 6.45) is 4.53. The molecule has 0 fully saturated rings. The number of hydrogen-bond acceptors (Lipinski definition) is 2. The van der Waals surface area contributed by atoms with Gasteiger partial charge in [0.1, 0.15) is 0 Å². The molecule has 1 aromatic heterocycles. The van der Waals surface area contributed by atoms with Gasteiger partial charge in [0, 0.05) is 21.7 Å². The van der Waals surface area contributed by atoms with Crippen LogP contribution in [0.2, 0.25) is 0 Å². The van der Waals surface area contributed by atoms with Crippen LogP contribution >= 0.6 is 11.3 Å². The first-order valence-electron chi connectivity index (χ1n) is 5.23. The zero-order valence-electron chi connectivity index (χ0n) is 8.64. The third kappa shape index (κ3) is 1.51. The Morgan fingerprint density at radius 1 is 1.12 bits per heavy atom. The lowest BCUT2D eigenvalue weighted by Crippen LogP contribution is -1.99. The second-order valence-corrected chi connectivity index (χ2v) is 4.87. The van der Waals surface area contributed by atoms with E-state index in [0.29, 0.717) is 6.42 Å². The third-order valence-electron chi connectivity index (χ3n) is 2.69. The summed E-state index contributed by atoms with van der Waals surface area (Å²) < 4.78 is 0. The number of carbonyl (C=O) groups is 1. The maximum Gasteiger partial charge on any atom is 0.168 e. The van der Waals surface area contributed by atoms with Crippen molar-refractivity contribution in [2.75, 3.05) is 0 Å². The second kappa shape index (κ2) is 3.72. The van der Waals surface area contributed by atoms with E-state index in [4.69, 9.17) is 0 Å². The van der Waals surface area contributed by atoms with Crippen molar-refractivity contribution < 1.29 is 4.79 Å². The molecular formula is C14H10OS. The predicted octanol–water partition coefficient (Wildman–Crippen LogP) is 4.01. The molecule has 0 amide bonds. The lowest BCUT2D eigenvalue weighted by Gasteiger charge is -2.00. The molecule has 16 heavy (non-hydrogen) atoms. The van der Waals surface area contributed by atoms with Crippen molar-refractivity contribution in [3.8, 4) is 10.4 Å². The number of benzene rings is 1. The lowest BCUT2D eigenvalue weighted by atomic mass is 10.0. The molecule has 1 aliphatic carbocycles. The largest absolute Gasteiger partial charge is 0.294 e. The Labute approximate surface area is 98.1 Å². The summed E-state index contributed by atoms with van der Waals surface area (Å²) >= 11 is 1.68. The average molecular weight is 226 g/mol. The number of rotatable bonds is 1. The van der Waals surface area contributed by atoms with Crippen molar-refractivity contribution >= 4 is 23.2 Å². The number of Topliss-reactive ketones (excluding diaryl/α,β-unsaturated/α-hetero) is 1. The molecular weight excluding hydrogens is 216 g/mol. The molecule has 0 radical (unpaired) electrons. The van der Waals surface area contributed by atoms with Crippen molar-refractivity contribution in [1.82, 2.24) is 0 Å². The van der Waals surface area contributed by atoms with Crippen molar-refractivity contribution in [2.45, 2.75) is 6.42 Å². The molecule has 1 nitrogen and oxygen atoms in total. The molecule has 0 spiro atoms. The van der Waals surface area contributed by atoms with Crippen LogP contribution in [0.4, 0.5) is 0 Å². The van der Waals surface area contributed by atoms with E-state index in [9.17, 15) is 4.79 Å². The minimum Gasteiger partial charge on any atom is -0.294 e. The van der Waals surface area contributed by atoms with Gasteiger partial charge >= 0.3 is 0 Å². The van der Waals surface area contributed by atoms with E-state index < -0.39 is 0 Å². The van der Waals surface area contributed by atoms with Gasteiger partial charge in [-0.3, -0.25) is 4.79 Å². The zero-order chi connectivity index (χ0) is 11.0. The van der Waals surface area contributed by atoms with Gasteiger partial charge in [0.25, 0.3) is 0 Å². The van der Waals surface area contributed by atoms with Crippen LogP contribution in [0.25, 0.3) is 16.5 Å². The smallest absolute Gasteiger partial charge is 0.168 e. The molecule has 0 aliphatic heterocycles. The summed E-state index contributed by atoms with van der Waals surface area (Å²) in [5.41, 5.74) is 2.06. The van der Waals surface area contributed by atoms with Crippen LogP contribution < -0.4 is 0 Å². The van der Waals surface area contributed by atoms with Gasteiger partial charge in [-0.1, -0.05) is 36.4 Å². The summed E-state index contributed by atoms with van der Waals surface area (Å²) in [6, 6.07) is 12.2. The Hall–Kier alpha value is -1.67. The van der Waals surface area contributed by atoms with E-state index in [1.807, 2.05) is 36.4 Å². The number of fused-ring (bicyclic) bond motifs is 1. The van der Waals surface area contributed by atoms with Gasteiger partial charge in [-0.25, -0.2) is 0 Å². The number of carbonyl (C=O) groups excluding carboxylic acids is 1. The van der Waals surface area contributed by atoms with Crippen LogP contribution in [0.1, 0.15) is 21.7 Å². The minimum atomic E-state index is 0.232. The molecule has 0 N–H and O–H groups in total. The fraction of sp³-hybridized carbons (Fsp3) is 0.0714. The Morgan fingerprint density at radius 3 is 2.69 bits per heavy atom. The highest BCUT2D eigenvalue weighted by atomic mass is 32.1. The molecule has 0 atom stereocenters. The Morgan fingerprint density at radius 2 is 1.94 bits per heavy atom. The van der Waals surface area contributed by atoms with Gasteiger partial charge in [-0.2, -0.15) is 0 Å². The topological polar surface area (TPSA) is 17.1 Å². The van der Waals surface area contributed by atoms with Crippen molar-refractivity contribution in [1.29, 1.82) is 0 Å². The average Bonchev–Trinajstić information content (AvgIpc) is 2.76. The zero-order valence-corrected chi connectivity index (χ0v) is 9.46. The van der Waals surface area contributed by atoms with Crippen LogP contribution in [0.3, 0.4) is 0 Å². The molecule has 0 unspecified atom stereocenters. The Kier molecular flexibility index (Phi) is 2.22. The van der Waals surface area contributed by atoms with Gasteiger partial charge in [0.2, 0.25) is 0 Å². The fourth-order valence-corrected chi connectivity index (χ4v) is 2.99. The first-order chi connectivity index (χ1) is 7.84. The predicted molar refractivity (Wildman–Crippen MR) is 67.7 cm³/mol. The molecule has 1 heterocycles. The molecule has 0 saturated carbocycles. The van der Waals surface area contributed by atoms with Crippen molar-refractivity contribution in [2.24, 2.45) is 0 Å². The van der Waals surface area contributed by atoms with Gasteiger partial charge in [0.15, 0.2) is 5.78 Å². The highest BCUT2D eigenvalue weighted by Crippen LogP contribution is 2.34. The number of hydrogen-bond donors (Lipinski definition) is 0. The summed E-state index contributed by atoms with van der Waals surface area (Å²) in [5.74, 6) is 0.232. The summed E-state index contributed by atoms with van der Waals surface area (Å²) in [5, 5.41) is 0. The van der Waals surface area contributed by atoms with Crippen LogP contribution in [0.5, 0.6) is 0 Å². The Bertz CT molecular complexity index is 564. The normalized spacial score (nSPS) is 13.9. The third-order valence-corrected chi connectivity index (χ3v) is 3.84. The fourth-order valence-electron chi connectivity index (χ4n) is 1.87. The van der Waals surface area contributed by atoms with Crippen LogP contribution in [0, 0.1) is 0 Å². The quantitative estimate of drug-likeness (QED) is 0.718. The molecule has 1 aliphatic rings. The van der Waals surface area contributed by atoms with E-state index >= 15 is 0 Å². The van der Waals surface area contributed by atoms with Gasteiger partial charge in [0.05, 0.1) is 0 Å². The monoisotopic (exact) mass is 226 g/mol. The van der Waals surface area contributed by atoms with Crippen molar-refractivity contribution in [3.05, 3.63) is 52.9 Å². The number of ketones is 1. The SMILES string of the molecule is O=C1CC=Cc2sc(-c3ccccc3)cc21. The molecule has 0 saturated heterocycles. The van der Waals surface area contributed by atoms with Gasteiger partial charge < -0.3 is 0 Å². The number of thiophene rings is 1. The summed E-state index contributed by atoms with van der Waals surface area (Å²) in [4.78, 5) is 14.0. The van der Waals surface area contributed by atoms with E-state index in [2.05, 4.69) is 12.1 Å². The Balaban J connectivity index is 2.12. The van der Waals surface area contributed by atoms with E-state index in [1.54, 1.807) is 11.3 Å². The highest BCUT2D eigenvalue weighted by molar-refractivity contribution is 7.16. The minimum absolute atomic E-state index is 0.232. The number of allylic oxidation sites excluding steroid dienone is 1. The van der Waals surface area contributed by atoms with Gasteiger partial charge in [-0.15, -0.1) is 11.3 Å². The van der Waals surface area contributed by atoms with Crippen LogP contribution in [0.15, 0.2) is 42.5 Å². The highest BCUT2D eigenvalue weighted by Gasteiger charge is 2.17. The van der Waals surface area contributed by atoms with E-state index in [0.717, 1.165) is 10.4 Å². The van der Waals surface area contributed by atoms with Crippen molar-refractivity contribution in [3.63, 3.8) is 0 Å². The van der Waals surface area contributed by atoms with E-state index in [1.165, 1.54) is 10.4 Å².